The van der Waals surface area contributed by atoms with Crippen molar-refractivity contribution in [2.24, 2.45) is 0 Å². The average Bonchev–Trinajstić information content (AvgIpc) is 3.07. The number of hydrogen-bond donors (Lipinski definition) is 3. The van der Waals surface area contributed by atoms with Gasteiger partial charge in [0.15, 0.2) is 0 Å². The third-order valence-electron chi connectivity index (χ3n) is 6.86. The number of anilines is 2. The Morgan fingerprint density at radius 1 is 0.733 bits per heavy atom. The van der Waals surface area contributed by atoms with E-state index in [-0.39, 0.29) is 17.4 Å². The molecule has 45 heavy (non-hydrogen) atoms. The van der Waals surface area contributed by atoms with Crippen LogP contribution in [-0.2, 0) is 9.59 Å². The minimum atomic E-state index is -0.484. The summed E-state index contributed by atoms with van der Waals surface area (Å²) in [5, 5.41) is 9.14. The summed E-state index contributed by atoms with van der Waals surface area (Å²) in [6.45, 7) is 1.85. The van der Waals surface area contributed by atoms with Crippen LogP contribution >= 0.6 is 23.4 Å². The van der Waals surface area contributed by atoms with Crippen LogP contribution in [0.2, 0.25) is 5.02 Å². The Bertz CT molecular complexity index is 1840. The predicted octanol–water partition coefficient (Wildman–Crippen LogP) is 8.46. The number of carbonyl (C=O) groups excluding carboxylic acids is 3. The van der Waals surface area contributed by atoms with Crippen molar-refractivity contribution in [2.45, 2.75) is 11.8 Å². The average molecular weight is 632 g/mol. The maximum atomic E-state index is 13.5. The quantitative estimate of drug-likeness (QED) is 0.107. The smallest absolute Gasteiger partial charge is 0.272 e. The Hall–Kier alpha value is -5.11. The van der Waals surface area contributed by atoms with E-state index in [1.807, 2.05) is 73.7 Å². The minimum Gasteiger partial charge on any atom is -0.325 e. The van der Waals surface area contributed by atoms with Crippen LogP contribution in [-0.4, -0.2) is 23.5 Å². The Labute approximate surface area is 271 Å². The zero-order valence-corrected chi connectivity index (χ0v) is 26.0. The second-order valence-electron chi connectivity index (χ2n) is 10.1. The number of halogens is 1. The summed E-state index contributed by atoms with van der Waals surface area (Å²) >= 11 is 7.50. The number of nitrogens with one attached hydrogen (secondary N) is 3. The summed E-state index contributed by atoms with van der Waals surface area (Å²) in [6.07, 6.45) is 1.64. The summed E-state index contributed by atoms with van der Waals surface area (Å²) in [4.78, 5) is 40.0. The summed E-state index contributed by atoms with van der Waals surface area (Å²) in [5.74, 6) is -0.890. The lowest BCUT2D eigenvalue weighted by Crippen LogP contribution is -2.30. The third-order valence-corrected chi connectivity index (χ3v) is 8.26. The molecule has 0 aliphatic heterocycles. The molecule has 5 rings (SSSR count). The highest BCUT2D eigenvalue weighted by Gasteiger charge is 2.16. The van der Waals surface area contributed by atoms with E-state index in [9.17, 15) is 14.4 Å². The Kier molecular flexibility index (Phi) is 10.5. The molecule has 6 nitrogen and oxygen atoms in total. The van der Waals surface area contributed by atoms with Gasteiger partial charge in [0.1, 0.15) is 5.70 Å². The molecule has 0 spiro atoms. The number of thioether (sulfide) groups is 1. The standard InChI is InChI=1S/C37H30ClN3O3S/c1-25-32(38)16-9-17-33(25)40-35(42)24-45-31-15-8-14-30(23-31)39-37(44)34(41-36(43)29-12-6-3-7-13-29)22-26-18-20-28(21-19-26)27-10-4-2-5-11-27/h2-23H,24H2,1H3,(H,39,44)(H,40,42)(H,41,43)/b34-22+. The molecule has 0 aliphatic carbocycles. The molecule has 0 aliphatic rings. The van der Waals surface area contributed by atoms with E-state index in [1.54, 1.807) is 66.7 Å². The van der Waals surface area contributed by atoms with Gasteiger partial charge in [-0.25, -0.2) is 0 Å². The van der Waals surface area contributed by atoms with Gasteiger partial charge in [-0.2, -0.15) is 0 Å². The van der Waals surface area contributed by atoms with Crippen molar-refractivity contribution in [2.75, 3.05) is 16.4 Å². The first-order chi connectivity index (χ1) is 21.9. The molecule has 0 bridgehead atoms. The zero-order chi connectivity index (χ0) is 31.6. The molecule has 3 N–H and O–H groups in total. The highest BCUT2D eigenvalue weighted by atomic mass is 35.5. The van der Waals surface area contributed by atoms with Crippen molar-refractivity contribution in [3.8, 4) is 11.1 Å². The van der Waals surface area contributed by atoms with Crippen molar-refractivity contribution >= 4 is 58.5 Å². The first-order valence-corrected chi connectivity index (χ1v) is 15.5. The molecule has 0 saturated carbocycles. The van der Waals surface area contributed by atoms with Gasteiger partial charge in [0.05, 0.1) is 5.75 Å². The van der Waals surface area contributed by atoms with E-state index in [0.717, 1.165) is 27.1 Å². The third kappa shape index (κ3) is 8.72. The lowest BCUT2D eigenvalue weighted by molar-refractivity contribution is -0.114. The molecule has 5 aromatic rings. The largest absolute Gasteiger partial charge is 0.325 e. The van der Waals surface area contributed by atoms with Gasteiger partial charge in [0.2, 0.25) is 5.91 Å². The fourth-order valence-electron chi connectivity index (χ4n) is 4.45. The van der Waals surface area contributed by atoms with Gasteiger partial charge in [0, 0.05) is 26.9 Å². The van der Waals surface area contributed by atoms with Crippen LogP contribution in [0.4, 0.5) is 11.4 Å². The molecule has 0 radical (unpaired) electrons. The molecule has 224 valence electrons. The number of rotatable bonds is 10. The molecule has 8 heteroatoms. The zero-order valence-electron chi connectivity index (χ0n) is 24.4. The number of hydrogen-bond acceptors (Lipinski definition) is 4. The number of amides is 3. The first-order valence-electron chi connectivity index (χ1n) is 14.2. The molecule has 0 fully saturated rings. The second kappa shape index (κ2) is 15.1. The normalized spacial score (nSPS) is 11.0. The van der Waals surface area contributed by atoms with Gasteiger partial charge in [-0.15, -0.1) is 11.8 Å². The van der Waals surface area contributed by atoms with Crippen LogP contribution in [0, 0.1) is 6.92 Å². The van der Waals surface area contributed by atoms with Gasteiger partial charge in [-0.3, -0.25) is 14.4 Å². The SMILES string of the molecule is Cc1c(Cl)cccc1NC(=O)CSc1cccc(NC(=O)/C(=C\c2ccc(-c3ccccc3)cc2)NC(=O)c2ccccc2)c1. The number of benzene rings is 5. The fraction of sp³-hybridized carbons (Fsp3) is 0.0541. The van der Waals surface area contributed by atoms with Gasteiger partial charge >= 0.3 is 0 Å². The molecule has 0 aromatic heterocycles. The minimum absolute atomic E-state index is 0.0886. The summed E-state index contributed by atoms with van der Waals surface area (Å²) in [5.41, 5.74) is 5.38. The first kappa shape index (κ1) is 31.3. The van der Waals surface area contributed by atoms with Crippen LogP contribution in [0.15, 0.2) is 138 Å². The van der Waals surface area contributed by atoms with Crippen LogP contribution in [0.5, 0.6) is 0 Å². The monoisotopic (exact) mass is 631 g/mol. The molecule has 5 aromatic carbocycles. The second-order valence-corrected chi connectivity index (χ2v) is 11.6. The topological polar surface area (TPSA) is 87.3 Å². The molecular formula is C37H30ClN3O3S. The molecule has 0 unspecified atom stereocenters. The summed E-state index contributed by atoms with van der Waals surface area (Å²) in [6, 6.07) is 39.0. The van der Waals surface area contributed by atoms with Crippen molar-refractivity contribution < 1.29 is 14.4 Å². The van der Waals surface area contributed by atoms with Crippen LogP contribution in [0.1, 0.15) is 21.5 Å². The van der Waals surface area contributed by atoms with Gasteiger partial charge in [-0.05, 0) is 77.7 Å². The molecule has 0 atom stereocenters. The lowest BCUT2D eigenvalue weighted by atomic mass is 10.0. The van der Waals surface area contributed by atoms with Crippen molar-refractivity contribution in [3.05, 3.63) is 155 Å². The van der Waals surface area contributed by atoms with Crippen molar-refractivity contribution in [1.82, 2.24) is 5.32 Å². The molecular weight excluding hydrogens is 602 g/mol. The molecule has 0 heterocycles. The van der Waals surface area contributed by atoms with E-state index < -0.39 is 11.8 Å². The van der Waals surface area contributed by atoms with Crippen molar-refractivity contribution in [3.63, 3.8) is 0 Å². The lowest BCUT2D eigenvalue weighted by Gasteiger charge is -2.13. The predicted molar refractivity (Wildman–Crippen MR) is 184 cm³/mol. The van der Waals surface area contributed by atoms with Gasteiger partial charge in [0.25, 0.3) is 11.8 Å². The van der Waals surface area contributed by atoms with Crippen LogP contribution in [0.25, 0.3) is 17.2 Å². The van der Waals surface area contributed by atoms with Gasteiger partial charge in [-0.1, -0.05) is 96.5 Å². The van der Waals surface area contributed by atoms with Crippen LogP contribution < -0.4 is 16.0 Å². The summed E-state index contributed by atoms with van der Waals surface area (Å²) < 4.78 is 0. The van der Waals surface area contributed by atoms with E-state index in [1.165, 1.54) is 11.8 Å². The Morgan fingerprint density at radius 2 is 1.40 bits per heavy atom. The van der Waals surface area contributed by atoms with E-state index in [2.05, 4.69) is 16.0 Å². The van der Waals surface area contributed by atoms with E-state index in [4.69, 9.17) is 11.6 Å². The van der Waals surface area contributed by atoms with E-state index >= 15 is 0 Å². The fourth-order valence-corrected chi connectivity index (χ4v) is 5.38. The maximum Gasteiger partial charge on any atom is 0.272 e. The van der Waals surface area contributed by atoms with Crippen LogP contribution in [0.3, 0.4) is 0 Å². The highest BCUT2D eigenvalue weighted by Crippen LogP contribution is 2.26. The highest BCUT2D eigenvalue weighted by molar-refractivity contribution is 8.00. The van der Waals surface area contributed by atoms with Crippen molar-refractivity contribution in [1.29, 1.82) is 0 Å². The Balaban J connectivity index is 1.30. The van der Waals surface area contributed by atoms with E-state index in [0.29, 0.717) is 22.0 Å². The maximum absolute atomic E-state index is 13.5. The molecule has 3 amide bonds. The number of carbonyl (C=O) groups is 3. The Morgan fingerprint density at radius 3 is 2.13 bits per heavy atom. The summed E-state index contributed by atoms with van der Waals surface area (Å²) in [7, 11) is 0. The molecule has 0 saturated heterocycles. The van der Waals surface area contributed by atoms with Gasteiger partial charge < -0.3 is 16.0 Å².